The van der Waals surface area contributed by atoms with Gasteiger partial charge in [0.15, 0.2) is 0 Å². The van der Waals surface area contributed by atoms with Crippen molar-refractivity contribution in [2.24, 2.45) is 5.92 Å². The van der Waals surface area contributed by atoms with Crippen molar-refractivity contribution < 1.29 is 13.2 Å². The van der Waals surface area contributed by atoms with Crippen LogP contribution in [0, 0.1) is 12.8 Å². The van der Waals surface area contributed by atoms with Crippen molar-refractivity contribution in [1.29, 1.82) is 0 Å². The topological polar surface area (TPSA) is 87.3 Å². The lowest BCUT2D eigenvalue weighted by Crippen LogP contribution is -2.40. The molecule has 1 aliphatic carbocycles. The van der Waals surface area contributed by atoms with E-state index in [-0.39, 0.29) is 16.8 Å². The number of rotatable bonds is 4. The number of amides is 1. The van der Waals surface area contributed by atoms with Crippen LogP contribution in [0.3, 0.4) is 0 Å². The summed E-state index contributed by atoms with van der Waals surface area (Å²) < 4.78 is 26.4. The fourth-order valence-electron chi connectivity index (χ4n) is 3.89. The summed E-state index contributed by atoms with van der Waals surface area (Å²) in [5, 5.41) is 6.35. The summed E-state index contributed by atoms with van der Waals surface area (Å²) in [6, 6.07) is 5.19. The molecule has 1 saturated heterocycles. The monoisotopic (exact) mass is 351 g/mol. The SMILES string of the molecule is CNS(=O)(=O)c1cccc(NC(=O)C2CC3CCCCC3N2)c1C. The summed E-state index contributed by atoms with van der Waals surface area (Å²) in [5.74, 6) is 0.512. The van der Waals surface area contributed by atoms with E-state index in [1.165, 1.54) is 26.3 Å². The van der Waals surface area contributed by atoms with Gasteiger partial charge in [0.05, 0.1) is 10.9 Å². The summed E-state index contributed by atoms with van der Waals surface area (Å²) in [7, 11) is -2.16. The molecular weight excluding hydrogens is 326 g/mol. The lowest BCUT2D eigenvalue weighted by atomic mass is 9.85. The molecule has 1 aliphatic heterocycles. The third-order valence-electron chi connectivity index (χ3n) is 5.28. The highest BCUT2D eigenvalue weighted by Crippen LogP contribution is 2.33. The van der Waals surface area contributed by atoms with E-state index in [1.807, 2.05) is 0 Å². The second kappa shape index (κ2) is 6.82. The highest BCUT2D eigenvalue weighted by atomic mass is 32.2. The first-order chi connectivity index (χ1) is 11.4. The average Bonchev–Trinajstić information content (AvgIpc) is 3.00. The Labute approximate surface area is 143 Å². The maximum Gasteiger partial charge on any atom is 0.241 e. The van der Waals surface area contributed by atoms with Crippen molar-refractivity contribution in [3.8, 4) is 0 Å². The average molecular weight is 351 g/mol. The molecule has 0 bridgehead atoms. The first-order valence-corrected chi connectivity index (χ1v) is 10.0. The Morgan fingerprint density at radius 3 is 2.71 bits per heavy atom. The molecule has 3 unspecified atom stereocenters. The Morgan fingerprint density at radius 2 is 2.00 bits per heavy atom. The van der Waals surface area contributed by atoms with Crippen LogP contribution in [0.25, 0.3) is 0 Å². The van der Waals surface area contributed by atoms with E-state index in [2.05, 4.69) is 15.4 Å². The standard InChI is InChI=1S/C17H25N3O3S/c1-11-13(8-5-9-16(11)24(22,23)18-2)20-17(21)15-10-12-6-3-4-7-14(12)19-15/h5,8-9,12,14-15,18-19H,3-4,6-7,10H2,1-2H3,(H,20,21). The predicted octanol–water partition coefficient (Wildman–Crippen LogP) is 1.76. The van der Waals surface area contributed by atoms with Crippen molar-refractivity contribution >= 4 is 21.6 Å². The van der Waals surface area contributed by atoms with Gasteiger partial charge in [-0.15, -0.1) is 0 Å². The zero-order valence-electron chi connectivity index (χ0n) is 14.1. The molecule has 0 spiro atoms. The van der Waals surface area contributed by atoms with Gasteiger partial charge in [-0.2, -0.15) is 0 Å². The summed E-state index contributed by atoms with van der Waals surface area (Å²) in [6.45, 7) is 1.71. The van der Waals surface area contributed by atoms with E-state index in [0.29, 0.717) is 23.2 Å². The Kier molecular flexibility index (Phi) is 4.94. The van der Waals surface area contributed by atoms with Gasteiger partial charge in [0, 0.05) is 11.7 Å². The van der Waals surface area contributed by atoms with Crippen LogP contribution < -0.4 is 15.4 Å². The van der Waals surface area contributed by atoms with Crippen LogP contribution in [0.5, 0.6) is 0 Å². The molecule has 132 valence electrons. The van der Waals surface area contributed by atoms with Crippen LogP contribution in [-0.2, 0) is 14.8 Å². The summed E-state index contributed by atoms with van der Waals surface area (Å²) in [6.07, 6.45) is 5.68. The lowest BCUT2D eigenvalue weighted by Gasteiger charge is -2.24. The Morgan fingerprint density at radius 1 is 1.25 bits per heavy atom. The molecule has 2 fully saturated rings. The number of hydrogen-bond donors (Lipinski definition) is 3. The fourth-order valence-corrected chi connectivity index (χ4v) is 4.88. The van der Waals surface area contributed by atoms with E-state index in [1.54, 1.807) is 25.1 Å². The van der Waals surface area contributed by atoms with Crippen molar-refractivity contribution in [2.75, 3.05) is 12.4 Å². The number of benzene rings is 1. The van der Waals surface area contributed by atoms with Gasteiger partial charge in [-0.05, 0) is 56.8 Å². The maximum atomic E-state index is 12.6. The molecule has 1 heterocycles. The summed E-state index contributed by atoms with van der Waals surface area (Å²) in [4.78, 5) is 12.8. The molecule has 0 radical (unpaired) electrons. The number of carbonyl (C=O) groups excluding carboxylic acids is 1. The molecule has 1 saturated carbocycles. The quantitative estimate of drug-likeness (QED) is 0.771. The van der Waals surface area contributed by atoms with E-state index >= 15 is 0 Å². The van der Waals surface area contributed by atoms with Gasteiger partial charge in [0.25, 0.3) is 0 Å². The van der Waals surface area contributed by atoms with Crippen LogP contribution in [0.1, 0.15) is 37.7 Å². The number of carbonyl (C=O) groups is 1. The minimum atomic E-state index is -3.54. The predicted molar refractivity (Wildman–Crippen MR) is 93.3 cm³/mol. The molecule has 24 heavy (non-hydrogen) atoms. The number of hydrogen-bond acceptors (Lipinski definition) is 4. The third kappa shape index (κ3) is 3.34. The fraction of sp³-hybridized carbons (Fsp3) is 0.588. The molecule has 7 heteroatoms. The number of anilines is 1. The largest absolute Gasteiger partial charge is 0.324 e. The molecule has 1 aromatic carbocycles. The van der Waals surface area contributed by atoms with Crippen LogP contribution in [0.2, 0.25) is 0 Å². The molecule has 6 nitrogen and oxygen atoms in total. The van der Waals surface area contributed by atoms with E-state index in [4.69, 9.17) is 0 Å². The van der Waals surface area contributed by atoms with Crippen LogP contribution in [0.15, 0.2) is 23.1 Å². The smallest absolute Gasteiger partial charge is 0.241 e. The first-order valence-electron chi connectivity index (χ1n) is 8.52. The van der Waals surface area contributed by atoms with Crippen LogP contribution in [-0.4, -0.2) is 33.5 Å². The normalized spacial score (nSPS) is 26.8. The van der Waals surface area contributed by atoms with Gasteiger partial charge in [-0.3, -0.25) is 4.79 Å². The molecule has 3 N–H and O–H groups in total. The molecule has 3 atom stereocenters. The third-order valence-corrected chi connectivity index (χ3v) is 6.84. The van der Waals surface area contributed by atoms with E-state index in [0.717, 1.165) is 12.8 Å². The molecule has 2 aliphatic rings. The maximum absolute atomic E-state index is 12.6. The zero-order valence-corrected chi connectivity index (χ0v) is 14.9. The highest BCUT2D eigenvalue weighted by Gasteiger charge is 2.38. The van der Waals surface area contributed by atoms with Crippen molar-refractivity contribution in [2.45, 2.75) is 56.0 Å². The molecule has 1 amide bonds. The van der Waals surface area contributed by atoms with Gasteiger partial charge in [0.2, 0.25) is 15.9 Å². The number of fused-ring (bicyclic) bond motifs is 1. The van der Waals surface area contributed by atoms with Gasteiger partial charge >= 0.3 is 0 Å². The summed E-state index contributed by atoms with van der Waals surface area (Å²) >= 11 is 0. The Bertz CT molecular complexity index is 719. The van der Waals surface area contributed by atoms with Crippen LogP contribution >= 0.6 is 0 Å². The second-order valence-corrected chi connectivity index (χ2v) is 8.59. The van der Waals surface area contributed by atoms with E-state index in [9.17, 15) is 13.2 Å². The lowest BCUT2D eigenvalue weighted by molar-refractivity contribution is -0.117. The van der Waals surface area contributed by atoms with E-state index < -0.39 is 10.0 Å². The summed E-state index contributed by atoms with van der Waals surface area (Å²) in [5.41, 5.74) is 1.10. The van der Waals surface area contributed by atoms with Gasteiger partial charge in [-0.1, -0.05) is 18.9 Å². The molecule has 0 aromatic heterocycles. The van der Waals surface area contributed by atoms with Crippen molar-refractivity contribution in [3.63, 3.8) is 0 Å². The number of sulfonamides is 1. The van der Waals surface area contributed by atoms with Crippen LogP contribution in [0.4, 0.5) is 5.69 Å². The van der Waals surface area contributed by atoms with Crippen molar-refractivity contribution in [3.05, 3.63) is 23.8 Å². The Hall–Kier alpha value is -1.44. The minimum Gasteiger partial charge on any atom is -0.324 e. The first kappa shape index (κ1) is 17.4. The molecule has 3 rings (SSSR count). The number of nitrogens with one attached hydrogen (secondary N) is 3. The van der Waals surface area contributed by atoms with Gasteiger partial charge < -0.3 is 10.6 Å². The van der Waals surface area contributed by atoms with Gasteiger partial charge in [0.1, 0.15) is 0 Å². The highest BCUT2D eigenvalue weighted by molar-refractivity contribution is 7.89. The molecule has 1 aromatic rings. The zero-order chi connectivity index (χ0) is 17.3. The Balaban J connectivity index is 1.74. The minimum absolute atomic E-state index is 0.0773. The van der Waals surface area contributed by atoms with Gasteiger partial charge in [-0.25, -0.2) is 13.1 Å². The molecular formula is C17H25N3O3S. The second-order valence-electron chi connectivity index (χ2n) is 6.73. The van der Waals surface area contributed by atoms with Crippen molar-refractivity contribution in [1.82, 2.24) is 10.0 Å².